The van der Waals surface area contributed by atoms with Crippen LogP contribution in [0.25, 0.3) is 0 Å². The molecule has 1 saturated carbocycles. The van der Waals surface area contributed by atoms with Crippen molar-refractivity contribution < 1.29 is 4.74 Å². The lowest BCUT2D eigenvalue weighted by Gasteiger charge is -2.12. The van der Waals surface area contributed by atoms with Gasteiger partial charge in [0.1, 0.15) is 0 Å². The Morgan fingerprint density at radius 3 is 2.43 bits per heavy atom. The van der Waals surface area contributed by atoms with Gasteiger partial charge in [0.2, 0.25) is 0 Å². The van der Waals surface area contributed by atoms with E-state index in [4.69, 9.17) is 4.74 Å². The van der Waals surface area contributed by atoms with Gasteiger partial charge in [-0.25, -0.2) is 0 Å². The van der Waals surface area contributed by atoms with Crippen molar-refractivity contribution in [1.82, 2.24) is 0 Å². The van der Waals surface area contributed by atoms with Gasteiger partial charge in [-0.15, -0.1) is 0 Å². The van der Waals surface area contributed by atoms with Gasteiger partial charge in [-0.2, -0.15) is 0 Å². The lowest BCUT2D eigenvalue weighted by Crippen LogP contribution is -1.99. The fraction of sp³-hybridized carbons (Fsp3) is 0.538. The fourth-order valence-electron chi connectivity index (χ4n) is 1.80. The standard InChI is InChI=1S/C13H18O/c1-3-14-10(2)11-4-6-12(7-5-11)13-8-9-13/h4-7,10,13H,3,8-9H2,1-2H3. The first-order valence-corrected chi connectivity index (χ1v) is 5.52. The maximum atomic E-state index is 5.54. The van der Waals surface area contributed by atoms with E-state index in [-0.39, 0.29) is 6.10 Å². The Kier molecular flexibility index (Phi) is 2.87. The van der Waals surface area contributed by atoms with Crippen molar-refractivity contribution in [3.8, 4) is 0 Å². The molecular formula is C13H18O. The van der Waals surface area contributed by atoms with Crippen molar-refractivity contribution in [1.29, 1.82) is 0 Å². The van der Waals surface area contributed by atoms with Crippen LogP contribution < -0.4 is 0 Å². The molecule has 1 aromatic rings. The molecule has 0 aromatic heterocycles. The summed E-state index contributed by atoms with van der Waals surface area (Å²) in [5.74, 6) is 0.853. The maximum Gasteiger partial charge on any atom is 0.0796 e. The van der Waals surface area contributed by atoms with Crippen molar-refractivity contribution in [2.45, 2.75) is 38.7 Å². The highest BCUT2D eigenvalue weighted by Gasteiger charge is 2.23. The van der Waals surface area contributed by atoms with Gasteiger partial charge in [0.25, 0.3) is 0 Å². The van der Waals surface area contributed by atoms with E-state index >= 15 is 0 Å². The van der Waals surface area contributed by atoms with E-state index in [1.165, 1.54) is 24.0 Å². The number of hydrogen-bond donors (Lipinski definition) is 0. The second-order valence-corrected chi connectivity index (χ2v) is 4.04. The van der Waals surface area contributed by atoms with Crippen LogP contribution in [0.3, 0.4) is 0 Å². The molecule has 0 heterocycles. The highest BCUT2D eigenvalue weighted by atomic mass is 16.5. The van der Waals surface area contributed by atoms with Gasteiger partial charge in [0.15, 0.2) is 0 Å². The molecule has 2 rings (SSSR count). The predicted molar refractivity (Wildman–Crippen MR) is 58.5 cm³/mol. The van der Waals surface area contributed by atoms with Gasteiger partial charge in [-0.05, 0) is 43.7 Å². The van der Waals surface area contributed by atoms with Gasteiger partial charge in [-0.1, -0.05) is 24.3 Å². The van der Waals surface area contributed by atoms with Crippen LogP contribution in [-0.4, -0.2) is 6.61 Å². The molecule has 0 bridgehead atoms. The zero-order chi connectivity index (χ0) is 9.97. The third-order valence-corrected chi connectivity index (χ3v) is 2.87. The quantitative estimate of drug-likeness (QED) is 0.704. The molecule has 0 radical (unpaired) electrons. The number of ether oxygens (including phenoxy) is 1. The molecule has 0 amide bonds. The molecule has 76 valence electrons. The normalized spacial score (nSPS) is 18.1. The van der Waals surface area contributed by atoms with Crippen LogP contribution in [0.1, 0.15) is 49.8 Å². The molecule has 1 unspecified atom stereocenters. The third-order valence-electron chi connectivity index (χ3n) is 2.87. The summed E-state index contributed by atoms with van der Waals surface area (Å²) in [5.41, 5.74) is 2.79. The molecule has 0 N–H and O–H groups in total. The van der Waals surface area contributed by atoms with Crippen LogP contribution in [0.5, 0.6) is 0 Å². The topological polar surface area (TPSA) is 9.23 Å². The maximum absolute atomic E-state index is 5.54. The molecule has 1 aliphatic carbocycles. The molecular weight excluding hydrogens is 172 g/mol. The largest absolute Gasteiger partial charge is 0.374 e. The van der Waals surface area contributed by atoms with E-state index in [1.807, 2.05) is 6.92 Å². The summed E-state index contributed by atoms with van der Waals surface area (Å²) in [6.07, 6.45) is 2.98. The third kappa shape index (κ3) is 2.16. The minimum Gasteiger partial charge on any atom is -0.374 e. The molecule has 0 spiro atoms. The van der Waals surface area contributed by atoms with Crippen LogP contribution in [-0.2, 0) is 4.74 Å². The van der Waals surface area contributed by atoms with Crippen molar-refractivity contribution in [2.24, 2.45) is 0 Å². The Labute approximate surface area is 86.1 Å². The van der Waals surface area contributed by atoms with E-state index < -0.39 is 0 Å². The van der Waals surface area contributed by atoms with Crippen molar-refractivity contribution in [3.05, 3.63) is 35.4 Å². The highest BCUT2D eigenvalue weighted by Crippen LogP contribution is 2.40. The number of hydrogen-bond acceptors (Lipinski definition) is 1. The second-order valence-electron chi connectivity index (χ2n) is 4.04. The van der Waals surface area contributed by atoms with Crippen LogP contribution in [0.15, 0.2) is 24.3 Å². The molecule has 0 aliphatic heterocycles. The van der Waals surface area contributed by atoms with E-state index in [0.717, 1.165) is 12.5 Å². The van der Waals surface area contributed by atoms with E-state index in [0.29, 0.717) is 0 Å². The molecule has 1 aliphatic rings. The fourth-order valence-corrected chi connectivity index (χ4v) is 1.80. The van der Waals surface area contributed by atoms with Gasteiger partial charge in [0, 0.05) is 6.61 Å². The van der Waals surface area contributed by atoms with Crippen molar-refractivity contribution >= 4 is 0 Å². The van der Waals surface area contributed by atoms with Crippen LogP contribution >= 0.6 is 0 Å². The average Bonchev–Trinajstić information content (AvgIpc) is 3.02. The lowest BCUT2D eigenvalue weighted by atomic mass is 10.1. The lowest BCUT2D eigenvalue weighted by molar-refractivity contribution is 0.0764. The zero-order valence-corrected chi connectivity index (χ0v) is 8.99. The summed E-state index contributed by atoms with van der Waals surface area (Å²) < 4.78 is 5.54. The molecule has 1 nitrogen and oxygen atoms in total. The van der Waals surface area contributed by atoms with Crippen LogP contribution in [0.4, 0.5) is 0 Å². The highest BCUT2D eigenvalue weighted by molar-refractivity contribution is 5.28. The molecule has 1 fully saturated rings. The first kappa shape index (κ1) is 9.72. The minimum absolute atomic E-state index is 0.230. The molecule has 14 heavy (non-hydrogen) atoms. The summed E-state index contributed by atoms with van der Waals surface area (Å²) in [6, 6.07) is 8.91. The first-order chi connectivity index (χ1) is 6.81. The Morgan fingerprint density at radius 1 is 1.29 bits per heavy atom. The van der Waals surface area contributed by atoms with Gasteiger partial charge >= 0.3 is 0 Å². The van der Waals surface area contributed by atoms with E-state index in [9.17, 15) is 0 Å². The van der Waals surface area contributed by atoms with Gasteiger partial charge in [0.05, 0.1) is 6.10 Å². The smallest absolute Gasteiger partial charge is 0.0796 e. The Bertz CT molecular complexity index is 285. The molecule has 0 saturated heterocycles. The Hall–Kier alpha value is -0.820. The van der Waals surface area contributed by atoms with Gasteiger partial charge in [-0.3, -0.25) is 0 Å². The predicted octanol–water partition coefficient (Wildman–Crippen LogP) is 3.66. The molecule has 1 atom stereocenters. The van der Waals surface area contributed by atoms with Crippen molar-refractivity contribution in [3.63, 3.8) is 0 Å². The minimum atomic E-state index is 0.230. The summed E-state index contributed by atoms with van der Waals surface area (Å²) >= 11 is 0. The summed E-state index contributed by atoms with van der Waals surface area (Å²) in [7, 11) is 0. The first-order valence-electron chi connectivity index (χ1n) is 5.52. The summed E-state index contributed by atoms with van der Waals surface area (Å²) in [5, 5.41) is 0. The zero-order valence-electron chi connectivity index (χ0n) is 8.99. The molecule has 1 heteroatoms. The SMILES string of the molecule is CCOC(C)c1ccc(C2CC2)cc1. The Morgan fingerprint density at radius 2 is 1.93 bits per heavy atom. The average molecular weight is 190 g/mol. The monoisotopic (exact) mass is 190 g/mol. The molecule has 1 aromatic carbocycles. The van der Waals surface area contributed by atoms with Gasteiger partial charge < -0.3 is 4.74 Å². The Balaban J connectivity index is 2.04. The summed E-state index contributed by atoms with van der Waals surface area (Å²) in [4.78, 5) is 0. The second kappa shape index (κ2) is 4.14. The van der Waals surface area contributed by atoms with E-state index in [1.54, 1.807) is 0 Å². The van der Waals surface area contributed by atoms with Crippen molar-refractivity contribution in [2.75, 3.05) is 6.61 Å². The van der Waals surface area contributed by atoms with Crippen LogP contribution in [0, 0.1) is 0 Å². The summed E-state index contributed by atoms with van der Waals surface area (Å²) in [6.45, 7) is 4.93. The van der Waals surface area contributed by atoms with Crippen LogP contribution in [0.2, 0.25) is 0 Å². The van der Waals surface area contributed by atoms with E-state index in [2.05, 4.69) is 31.2 Å². The number of rotatable bonds is 4. The number of benzene rings is 1.